The van der Waals surface area contributed by atoms with Gasteiger partial charge < -0.3 is 10.1 Å². The summed E-state index contributed by atoms with van der Waals surface area (Å²) in [5.41, 5.74) is 2.99. The van der Waals surface area contributed by atoms with Gasteiger partial charge in [0.25, 0.3) is 0 Å². The number of hydrogen-bond donors (Lipinski definition) is 1. The van der Waals surface area contributed by atoms with Crippen LogP contribution in [-0.4, -0.2) is 9.97 Å². The highest BCUT2D eigenvalue weighted by Gasteiger charge is 2.05. The number of nitrogens with zero attached hydrogens (tertiary/aromatic N) is 2. The predicted octanol–water partition coefficient (Wildman–Crippen LogP) is 6.56. The molecule has 2 aromatic heterocycles. The minimum Gasteiger partial charge on any atom is -0.439 e. The van der Waals surface area contributed by atoms with Crippen molar-refractivity contribution in [2.24, 2.45) is 0 Å². The van der Waals surface area contributed by atoms with Gasteiger partial charge in [-0.2, -0.15) is 0 Å². The summed E-state index contributed by atoms with van der Waals surface area (Å²) < 4.78 is 6.98. The number of para-hydroxylation sites is 1. The van der Waals surface area contributed by atoms with Gasteiger partial charge in [0.2, 0.25) is 5.88 Å². The van der Waals surface area contributed by atoms with Crippen LogP contribution in [0.2, 0.25) is 0 Å². The number of aryl methyl sites for hydroxylation is 1. The average molecular weight is 363 g/mol. The molecule has 2 heterocycles. The Morgan fingerprint density at radius 3 is 2.42 bits per heavy atom. The monoisotopic (exact) mass is 363 g/mol. The maximum absolute atomic E-state index is 5.81. The minimum atomic E-state index is 0.629. The molecule has 5 heteroatoms. The van der Waals surface area contributed by atoms with Crippen LogP contribution in [0.4, 0.5) is 10.8 Å². The molecule has 2 aromatic carbocycles. The fourth-order valence-corrected chi connectivity index (χ4v) is 3.23. The van der Waals surface area contributed by atoms with Crippen LogP contribution in [0.3, 0.4) is 0 Å². The Bertz CT molecular complexity index is 947. The van der Waals surface area contributed by atoms with Gasteiger partial charge in [-0.05, 0) is 49.4 Å². The van der Waals surface area contributed by atoms with Gasteiger partial charge in [-0.25, -0.2) is 9.97 Å². The molecule has 4 nitrogen and oxygen atoms in total. The first-order chi connectivity index (χ1) is 12.8. The zero-order valence-electron chi connectivity index (χ0n) is 15.1. The number of benzene rings is 2. The van der Waals surface area contributed by atoms with Crippen LogP contribution in [0.15, 0.2) is 66.9 Å². The average Bonchev–Trinajstić information content (AvgIpc) is 3.09. The van der Waals surface area contributed by atoms with E-state index in [9.17, 15) is 0 Å². The van der Waals surface area contributed by atoms with Crippen molar-refractivity contribution in [1.82, 2.24) is 9.97 Å². The largest absolute Gasteiger partial charge is 0.439 e. The van der Waals surface area contributed by atoms with Gasteiger partial charge in [0.15, 0.2) is 5.13 Å². The Balaban J connectivity index is 0.000000948. The molecule has 26 heavy (non-hydrogen) atoms. The van der Waals surface area contributed by atoms with Gasteiger partial charge in [0.1, 0.15) is 5.75 Å². The van der Waals surface area contributed by atoms with Crippen molar-refractivity contribution in [2.75, 3.05) is 5.32 Å². The molecule has 0 aliphatic heterocycles. The number of ether oxygens (including phenoxy) is 1. The molecule has 0 fully saturated rings. The molecule has 0 amide bonds. The van der Waals surface area contributed by atoms with E-state index in [2.05, 4.69) is 21.4 Å². The van der Waals surface area contributed by atoms with Crippen LogP contribution in [0.5, 0.6) is 11.6 Å². The number of hydrogen-bond acceptors (Lipinski definition) is 5. The Morgan fingerprint density at radius 1 is 0.923 bits per heavy atom. The second-order valence-electron chi connectivity index (χ2n) is 5.36. The topological polar surface area (TPSA) is 47.0 Å². The summed E-state index contributed by atoms with van der Waals surface area (Å²) in [6, 6.07) is 19.8. The van der Waals surface area contributed by atoms with Crippen LogP contribution >= 0.6 is 11.3 Å². The van der Waals surface area contributed by atoms with Crippen molar-refractivity contribution in [3.63, 3.8) is 0 Å². The first kappa shape index (κ1) is 17.9. The molecular weight excluding hydrogens is 342 g/mol. The van der Waals surface area contributed by atoms with E-state index in [-0.39, 0.29) is 0 Å². The lowest BCUT2D eigenvalue weighted by Crippen LogP contribution is -1.92. The van der Waals surface area contributed by atoms with Crippen LogP contribution in [0.25, 0.3) is 10.2 Å². The van der Waals surface area contributed by atoms with Crippen molar-refractivity contribution in [1.29, 1.82) is 0 Å². The fraction of sp³-hybridized carbons (Fsp3) is 0.143. The second kappa shape index (κ2) is 8.45. The van der Waals surface area contributed by atoms with Gasteiger partial charge in [-0.3, -0.25) is 0 Å². The molecule has 0 spiro atoms. The SMILES string of the molecule is CC.Cc1cccnc1Oc1ccc(Nc2nc3ccccc3s2)cc1. The summed E-state index contributed by atoms with van der Waals surface area (Å²) in [6.45, 7) is 5.98. The maximum Gasteiger partial charge on any atom is 0.222 e. The van der Waals surface area contributed by atoms with Crippen molar-refractivity contribution in [2.45, 2.75) is 20.8 Å². The minimum absolute atomic E-state index is 0.629. The van der Waals surface area contributed by atoms with Crippen LogP contribution in [0.1, 0.15) is 19.4 Å². The number of pyridine rings is 1. The molecule has 0 aliphatic rings. The molecule has 0 bridgehead atoms. The first-order valence-corrected chi connectivity index (χ1v) is 9.42. The Morgan fingerprint density at radius 2 is 1.69 bits per heavy atom. The van der Waals surface area contributed by atoms with E-state index >= 15 is 0 Å². The lowest BCUT2D eigenvalue weighted by atomic mass is 10.3. The summed E-state index contributed by atoms with van der Waals surface area (Å²) >= 11 is 1.64. The van der Waals surface area contributed by atoms with E-state index in [0.29, 0.717) is 5.88 Å². The van der Waals surface area contributed by atoms with Crippen molar-refractivity contribution < 1.29 is 4.74 Å². The van der Waals surface area contributed by atoms with Crippen LogP contribution in [0, 0.1) is 6.92 Å². The number of rotatable bonds is 4. The number of anilines is 2. The summed E-state index contributed by atoms with van der Waals surface area (Å²) in [6.07, 6.45) is 1.73. The van der Waals surface area contributed by atoms with Gasteiger partial charge in [0, 0.05) is 17.4 Å². The molecule has 0 aliphatic carbocycles. The lowest BCUT2D eigenvalue weighted by Gasteiger charge is -2.08. The highest BCUT2D eigenvalue weighted by Crippen LogP contribution is 2.29. The molecule has 4 rings (SSSR count). The Labute approximate surface area is 157 Å². The molecule has 0 unspecified atom stereocenters. The molecule has 1 N–H and O–H groups in total. The number of aromatic nitrogens is 2. The third kappa shape index (κ3) is 4.18. The highest BCUT2D eigenvalue weighted by molar-refractivity contribution is 7.22. The van der Waals surface area contributed by atoms with Gasteiger partial charge in [-0.15, -0.1) is 0 Å². The third-order valence-electron chi connectivity index (χ3n) is 3.58. The molecular formula is C21H21N3OS. The molecule has 132 valence electrons. The normalized spacial score (nSPS) is 10.1. The van der Waals surface area contributed by atoms with Crippen molar-refractivity contribution in [3.8, 4) is 11.6 Å². The summed E-state index contributed by atoms with van der Waals surface area (Å²) in [5, 5.41) is 4.21. The van der Waals surface area contributed by atoms with E-state index in [4.69, 9.17) is 4.74 Å². The van der Waals surface area contributed by atoms with E-state index in [0.717, 1.165) is 27.6 Å². The number of thiazole rings is 1. The van der Waals surface area contributed by atoms with Gasteiger partial charge in [-0.1, -0.05) is 43.4 Å². The third-order valence-corrected chi connectivity index (χ3v) is 4.53. The maximum atomic E-state index is 5.81. The number of fused-ring (bicyclic) bond motifs is 1. The summed E-state index contributed by atoms with van der Waals surface area (Å²) in [4.78, 5) is 8.82. The standard InChI is InChI=1S/C19H15N3OS.C2H6/c1-13-5-4-12-20-18(13)23-15-10-8-14(9-11-15)21-19-22-16-6-2-3-7-17(16)24-19;1-2/h2-12H,1H3,(H,21,22);1-2H3. The Hall–Kier alpha value is -2.92. The highest BCUT2D eigenvalue weighted by atomic mass is 32.1. The van der Waals surface area contributed by atoms with Crippen LogP contribution < -0.4 is 10.1 Å². The zero-order valence-corrected chi connectivity index (χ0v) is 15.9. The van der Waals surface area contributed by atoms with Gasteiger partial charge >= 0.3 is 0 Å². The lowest BCUT2D eigenvalue weighted by molar-refractivity contribution is 0.459. The van der Waals surface area contributed by atoms with E-state index < -0.39 is 0 Å². The molecule has 0 saturated carbocycles. The second-order valence-corrected chi connectivity index (χ2v) is 6.39. The van der Waals surface area contributed by atoms with E-state index in [1.54, 1.807) is 17.5 Å². The zero-order chi connectivity index (χ0) is 18.4. The molecule has 0 radical (unpaired) electrons. The van der Waals surface area contributed by atoms with Crippen molar-refractivity contribution in [3.05, 3.63) is 72.4 Å². The quantitative estimate of drug-likeness (QED) is 0.446. The van der Waals surface area contributed by atoms with E-state index in [1.165, 1.54) is 4.70 Å². The summed E-state index contributed by atoms with van der Waals surface area (Å²) in [5.74, 6) is 1.39. The van der Waals surface area contributed by atoms with Crippen LogP contribution in [-0.2, 0) is 0 Å². The van der Waals surface area contributed by atoms with E-state index in [1.807, 2.05) is 75.4 Å². The predicted molar refractivity (Wildman–Crippen MR) is 110 cm³/mol. The first-order valence-electron chi connectivity index (χ1n) is 8.60. The van der Waals surface area contributed by atoms with Gasteiger partial charge in [0.05, 0.1) is 10.2 Å². The smallest absolute Gasteiger partial charge is 0.222 e. The summed E-state index contributed by atoms with van der Waals surface area (Å²) in [7, 11) is 0. The molecule has 0 saturated heterocycles. The fourth-order valence-electron chi connectivity index (χ4n) is 2.35. The number of nitrogens with one attached hydrogen (secondary N) is 1. The molecule has 4 aromatic rings. The Kier molecular flexibility index (Phi) is 5.81. The van der Waals surface area contributed by atoms with Crippen molar-refractivity contribution >= 4 is 32.4 Å². The molecule has 0 atom stereocenters.